The Labute approximate surface area is 147 Å². The van der Waals surface area contributed by atoms with Crippen molar-refractivity contribution in [2.45, 2.75) is 0 Å². The van der Waals surface area contributed by atoms with Crippen LogP contribution in [0.15, 0.2) is 46.9 Å². The molecule has 6 heteroatoms. The van der Waals surface area contributed by atoms with E-state index in [9.17, 15) is 4.79 Å². The van der Waals surface area contributed by atoms with Crippen LogP contribution < -0.4 is 14.2 Å². The van der Waals surface area contributed by atoms with Gasteiger partial charge in [-0.05, 0) is 58.4 Å². The number of hydrogen-bond acceptors (Lipinski definition) is 4. The lowest BCUT2D eigenvalue weighted by Crippen LogP contribution is -2.04. The molecule has 0 heterocycles. The van der Waals surface area contributed by atoms with E-state index in [-0.39, 0.29) is 0 Å². The molecule has 0 aliphatic heterocycles. The van der Waals surface area contributed by atoms with Crippen LogP contribution in [0.1, 0.15) is 5.56 Å². The quantitative estimate of drug-likeness (QED) is 0.415. The molecular formula is C17H14BrClO4. The summed E-state index contributed by atoms with van der Waals surface area (Å²) in [6, 6.07) is 10.2. The van der Waals surface area contributed by atoms with Crippen LogP contribution in [0, 0.1) is 0 Å². The molecule has 0 saturated carbocycles. The molecule has 2 rings (SSSR count). The van der Waals surface area contributed by atoms with Crippen molar-refractivity contribution in [1.82, 2.24) is 0 Å². The molecule has 0 saturated heterocycles. The molecule has 2 aromatic carbocycles. The smallest absolute Gasteiger partial charge is 0.336 e. The van der Waals surface area contributed by atoms with E-state index >= 15 is 0 Å². The molecular weight excluding hydrogens is 384 g/mol. The zero-order chi connectivity index (χ0) is 16.8. The van der Waals surface area contributed by atoms with Crippen LogP contribution in [-0.4, -0.2) is 20.2 Å². The highest BCUT2D eigenvalue weighted by atomic mass is 79.9. The molecule has 0 fully saturated rings. The Balaban J connectivity index is 2.14. The van der Waals surface area contributed by atoms with Gasteiger partial charge in [-0.25, -0.2) is 4.79 Å². The van der Waals surface area contributed by atoms with Gasteiger partial charge in [-0.2, -0.15) is 0 Å². The largest absolute Gasteiger partial charge is 0.497 e. The summed E-state index contributed by atoms with van der Waals surface area (Å²) >= 11 is 9.14. The Bertz CT molecular complexity index is 743. The topological polar surface area (TPSA) is 44.8 Å². The van der Waals surface area contributed by atoms with Gasteiger partial charge in [0, 0.05) is 16.7 Å². The number of esters is 1. The number of carbonyl (C=O) groups excluding carboxylic acids is 1. The number of methoxy groups -OCH3 is 2. The summed E-state index contributed by atoms with van der Waals surface area (Å²) in [5, 5.41) is 0.549. The fourth-order valence-corrected chi connectivity index (χ4v) is 2.59. The SMILES string of the molecule is COc1ccc(OC)c(/C=C/C(=O)Oc2ccc(Cl)cc2Br)c1. The average molecular weight is 398 g/mol. The molecule has 0 radical (unpaired) electrons. The maximum Gasteiger partial charge on any atom is 0.336 e. The fourth-order valence-electron chi connectivity index (χ4n) is 1.83. The van der Waals surface area contributed by atoms with Crippen molar-refractivity contribution in [2.75, 3.05) is 14.2 Å². The van der Waals surface area contributed by atoms with Crippen LogP contribution in [0.5, 0.6) is 17.2 Å². The van der Waals surface area contributed by atoms with Gasteiger partial charge in [0.25, 0.3) is 0 Å². The third-order valence-corrected chi connectivity index (χ3v) is 3.80. The van der Waals surface area contributed by atoms with E-state index in [2.05, 4.69) is 15.9 Å². The van der Waals surface area contributed by atoms with Gasteiger partial charge in [0.15, 0.2) is 0 Å². The molecule has 120 valence electrons. The molecule has 0 aliphatic rings. The van der Waals surface area contributed by atoms with E-state index in [1.807, 2.05) is 0 Å². The highest BCUT2D eigenvalue weighted by Gasteiger charge is 2.07. The van der Waals surface area contributed by atoms with Crippen molar-refractivity contribution in [3.8, 4) is 17.2 Å². The van der Waals surface area contributed by atoms with Crippen LogP contribution in [0.4, 0.5) is 0 Å². The van der Waals surface area contributed by atoms with E-state index in [4.69, 9.17) is 25.8 Å². The number of halogens is 2. The van der Waals surface area contributed by atoms with E-state index in [1.54, 1.807) is 56.7 Å². The normalized spacial score (nSPS) is 10.6. The lowest BCUT2D eigenvalue weighted by atomic mass is 10.1. The third-order valence-electron chi connectivity index (χ3n) is 2.94. The number of rotatable bonds is 5. The first-order valence-corrected chi connectivity index (χ1v) is 7.77. The molecule has 0 unspecified atom stereocenters. The number of hydrogen-bond donors (Lipinski definition) is 0. The molecule has 0 N–H and O–H groups in total. The molecule has 0 bridgehead atoms. The van der Waals surface area contributed by atoms with Gasteiger partial charge in [-0.3, -0.25) is 0 Å². The first-order chi connectivity index (χ1) is 11.0. The van der Waals surface area contributed by atoms with Crippen LogP contribution in [0.2, 0.25) is 5.02 Å². The second kappa shape index (κ2) is 8.04. The Hall–Kier alpha value is -1.98. The number of benzene rings is 2. The zero-order valence-corrected chi connectivity index (χ0v) is 14.8. The molecule has 0 aliphatic carbocycles. The molecule has 0 spiro atoms. The Morgan fingerprint density at radius 3 is 2.48 bits per heavy atom. The lowest BCUT2D eigenvalue weighted by molar-refractivity contribution is -0.128. The molecule has 4 nitrogen and oxygen atoms in total. The van der Waals surface area contributed by atoms with E-state index in [0.29, 0.717) is 32.3 Å². The second-order valence-electron chi connectivity index (χ2n) is 4.44. The maximum absolute atomic E-state index is 11.9. The summed E-state index contributed by atoms with van der Waals surface area (Å²) in [5.41, 5.74) is 0.707. The molecule has 0 aromatic heterocycles. The minimum atomic E-state index is -0.516. The number of carbonyl (C=O) groups is 1. The van der Waals surface area contributed by atoms with Gasteiger partial charge in [-0.15, -0.1) is 0 Å². The minimum Gasteiger partial charge on any atom is -0.497 e. The third kappa shape index (κ3) is 4.74. The Morgan fingerprint density at radius 1 is 1.09 bits per heavy atom. The standard InChI is InChI=1S/C17H14BrClO4/c1-21-13-5-7-15(22-2)11(9-13)3-8-17(20)23-16-6-4-12(19)10-14(16)18/h3-10H,1-2H3/b8-3+. The van der Waals surface area contributed by atoms with Crippen molar-refractivity contribution in [3.05, 3.63) is 57.5 Å². The molecule has 23 heavy (non-hydrogen) atoms. The van der Waals surface area contributed by atoms with Crippen LogP contribution >= 0.6 is 27.5 Å². The van der Waals surface area contributed by atoms with Crippen molar-refractivity contribution in [3.63, 3.8) is 0 Å². The Morgan fingerprint density at radius 2 is 1.83 bits per heavy atom. The van der Waals surface area contributed by atoms with E-state index in [1.165, 1.54) is 6.08 Å². The molecule has 0 amide bonds. The Kier molecular flexibility index (Phi) is 6.07. The summed E-state index contributed by atoms with van der Waals surface area (Å²) in [5.74, 6) is 1.17. The van der Waals surface area contributed by atoms with Gasteiger partial charge >= 0.3 is 5.97 Å². The summed E-state index contributed by atoms with van der Waals surface area (Å²) in [4.78, 5) is 11.9. The first kappa shape index (κ1) is 17.4. The zero-order valence-electron chi connectivity index (χ0n) is 12.5. The first-order valence-electron chi connectivity index (χ1n) is 6.60. The summed E-state index contributed by atoms with van der Waals surface area (Å²) in [7, 11) is 3.13. The van der Waals surface area contributed by atoms with Crippen molar-refractivity contribution < 1.29 is 19.0 Å². The van der Waals surface area contributed by atoms with Crippen molar-refractivity contribution in [2.24, 2.45) is 0 Å². The summed E-state index contributed by atoms with van der Waals surface area (Å²) in [6.45, 7) is 0. The monoisotopic (exact) mass is 396 g/mol. The highest BCUT2D eigenvalue weighted by molar-refractivity contribution is 9.10. The lowest BCUT2D eigenvalue weighted by Gasteiger charge is -2.07. The van der Waals surface area contributed by atoms with Gasteiger partial charge < -0.3 is 14.2 Å². The molecule has 2 aromatic rings. The van der Waals surface area contributed by atoms with Crippen LogP contribution in [-0.2, 0) is 4.79 Å². The van der Waals surface area contributed by atoms with Gasteiger partial charge in [0.05, 0.1) is 18.7 Å². The van der Waals surface area contributed by atoms with Crippen LogP contribution in [0.25, 0.3) is 6.08 Å². The maximum atomic E-state index is 11.9. The highest BCUT2D eigenvalue weighted by Crippen LogP contribution is 2.28. The minimum absolute atomic E-state index is 0.390. The van der Waals surface area contributed by atoms with Crippen molar-refractivity contribution in [1.29, 1.82) is 0 Å². The van der Waals surface area contributed by atoms with Gasteiger partial charge in [0.2, 0.25) is 0 Å². The average Bonchev–Trinajstić information content (AvgIpc) is 2.55. The van der Waals surface area contributed by atoms with E-state index < -0.39 is 5.97 Å². The van der Waals surface area contributed by atoms with Crippen molar-refractivity contribution >= 4 is 39.6 Å². The van der Waals surface area contributed by atoms with Gasteiger partial charge in [0.1, 0.15) is 17.2 Å². The number of ether oxygens (including phenoxy) is 3. The molecule has 0 atom stereocenters. The summed E-state index contributed by atoms with van der Waals surface area (Å²) < 4.78 is 16.3. The van der Waals surface area contributed by atoms with Gasteiger partial charge in [-0.1, -0.05) is 11.6 Å². The fraction of sp³-hybridized carbons (Fsp3) is 0.118. The second-order valence-corrected chi connectivity index (χ2v) is 5.73. The predicted molar refractivity (Wildman–Crippen MR) is 93.4 cm³/mol. The van der Waals surface area contributed by atoms with Crippen LogP contribution in [0.3, 0.4) is 0 Å². The summed E-state index contributed by atoms with van der Waals surface area (Å²) in [6.07, 6.45) is 2.92. The van der Waals surface area contributed by atoms with E-state index in [0.717, 1.165) is 0 Å². The predicted octanol–water partition coefficient (Wildman–Crippen LogP) is 4.74.